The minimum Gasteiger partial charge on any atom is -0.308 e. The predicted octanol–water partition coefficient (Wildman–Crippen LogP) is 3.31. The predicted molar refractivity (Wildman–Crippen MR) is 62.4 cm³/mol. The third kappa shape index (κ3) is 3.15. The molecule has 0 aliphatic carbocycles. The summed E-state index contributed by atoms with van der Waals surface area (Å²) in [6.07, 6.45) is 2.49. The first-order chi connectivity index (χ1) is 6.67. The summed E-state index contributed by atoms with van der Waals surface area (Å²) in [5.74, 6) is 0. The van der Waals surface area contributed by atoms with Gasteiger partial charge in [-0.1, -0.05) is 43.7 Å². The number of rotatable bonds is 5. The molecule has 1 aromatic rings. The molecule has 0 heterocycles. The molecule has 0 atom stereocenters. The van der Waals surface area contributed by atoms with Crippen LogP contribution in [0.25, 0.3) is 0 Å². The quantitative estimate of drug-likeness (QED) is 0.704. The first kappa shape index (κ1) is 11.3. The van der Waals surface area contributed by atoms with Crippen molar-refractivity contribution in [2.45, 2.75) is 39.2 Å². The Hall–Kier alpha value is -0.820. The van der Waals surface area contributed by atoms with E-state index in [1.54, 1.807) is 0 Å². The Morgan fingerprint density at radius 1 is 1.14 bits per heavy atom. The van der Waals surface area contributed by atoms with Crippen molar-refractivity contribution in [1.82, 2.24) is 5.32 Å². The van der Waals surface area contributed by atoms with Crippen LogP contribution in [0.2, 0.25) is 0 Å². The maximum Gasteiger partial charge on any atom is 0.0377 e. The highest BCUT2D eigenvalue weighted by molar-refractivity contribution is 5.22. The lowest BCUT2D eigenvalue weighted by molar-refractivity contribution is 0.399. The Kier molecular flexibility index (Phi) is 4.15. The van der Waals surface area contributed by atoms with Gasteiger partial charge in [0.15, 0.2) is 0 Å². The van der Waals surface area contributed by atoms with E-state index in [2.05, 4.69) is 56.4 Å². The smallest absolute Gasteiger partial charge is 0.0377 e. The summed E-state index contributed by atoms with van der Waals surface area (Å²) in [6, 6.07) is 10.6. The molecule has 0 fully saturated rings. The Morgan fingerprint density at radius 2 is 1.79 bits per heavy atom. The average molecular weight is 191 g/mol. The first-order valence-electron chi connectivity index (χ1n) is 5.47. The summed E-state index contributed by atoms with van der Waals surface area (Å²) in [7, 11) is 0. The standard InChI is InChI=1S/C13H21N/c1-4-5-11-14-13(2,3)12-9-7-6-8-10-12/h6-10,14H,4-5,11H2,1-3H3. The minimum absolute atomic E-state index is 0.0937. The number of benzene rings is 1. The first-order valence-corrected chi connectivity index (χ1v) is 5.47. The van der Waals surface area contributed by atoms with Crippen molar-refractivity contribution < 1.29 is 0 Å². The van der Waals surface area contributed by atoms with E-state index >= 15 is 0 Å². The van der Waals surface area contributed by atoms with Gasteiger partial charge < -0.3 is 5.32 Å². The lowest BCUT2D eigenvalue weighted by Gasteiger charge is -2.27. The van der Waals surface area contributed by atoms with E-state index in [9.17, 15) is 0 Å². The molecule has 0 unspecified atom stereocenters. The molecule has 0 aliphatic heterocycles. The van der Waals surface area contributed by atoms with E-state index in [0.29, 0.717) is 0 Å². The van der Waals surface area contributed by atoms with Crippen LogP contribution in [0.3, 0.4) is 0 Å². The zero-order valence-corrected chi connectivity index (χ0v) is 9.51. The third-order valence-corrected chi connectivity index (χ3v) is 2.59. The number of hydrogen-bond acceptors (Lipinski definition) is 1. The van der Waals surface area contributed by atoms with Crippen LogP contribution in [0, 0.1) is 0 Å². The average Bonchev–Trinajstić information content (AvgIpc) is 2.19. The molecule has 1 aromatic carbocycles. The van der Waals surface area contributed by atoms with Crippen molar-refractivity contribution >= 4 is 0 Å². The molecule has 0 bridgehead atoms. The van der Waals surface area contributed by atoms with Gasteiger partial charge in [0, 0.05) is 5.54 Å². The zero-order chi connectivity index (χ0) is 10.4. The molecule has 0 aromatic heterocycles. The second kappa shape index (κ2) is 5.16. The second-order valence-corrected chi connectivity index (χ2v) is 4.27. The fraction of sp³-hybridized carbons (Fsp3) is 0.538. The fourth-order valence-electron chi connectivity index (χ4n) is 1.53. The van der Waals surface area contributed by atoms with E-state index in [4.69, 9.17) is 0 Å². The van der Waals surface area contributed by atoms with Crippen molar-refractivity contribution in [3.05, 3.63) is 35.9 Å². The summed E-state index contributed by atoms with van der Waals surface area (Å²) in [6.45, 7) is 7.78. The van der Waals surface area contributed by atoms with Gasteiger partial charge in [0.2, 0.25) is 0 Å². The lowest BCUT2D eigenvalue weighted by atomic mass is 9.94. The van der Waals surface area contributed by atoms with Crippen molar-refractivity contribution in [1.29, 1.82) is 0 Å². The molecule has 0 saturated heterocycles. The fourth-order valence-corrected chi connectivity index (χ4v) is 1.53. The van der Waals surface area contributed by atoms with Crippen molar-refractivity contribution in [3.8, 4) is 0 Å². The number of hydrogen-bond donors (Lipinski definition) is 1. The Morgan fingerprint density at radius 3 is 2.36 bits per heavy atom. The molecule has 1 nitrogen and oxygen atoms in total. The lowest BCUT2D eigenvalue weighted by Crippen LogP contribution is -2.36. The highest BCUT2D eigenvalue weighted by Crippen LogP contribution is 2.18. The van der Waals surface area contributed by atoms with Gasteiger partial charge in [-0.2, -0.15) is 0 Å². The molecule has 0 radical (unpaired) electrons. The number of nitrogens with one attached hydrogen (secondary N) is 1. The van der Waals surface area contributed by atoms with Crippen LogP contribution in [0.4, 0.5) is 0 Å². The van der Waals surface area contributed by atoms with Crippen LogP contribution in [-0.4, -0.2) is 6.54 Å². The Bertz CT molecular complexity index is 251. The van der Waals surface area contributed by atoms with E-state index < -0.39 is 0 Å². The minimum atomic E-state index is 0.0937. The van der Waals surface area contributed by atoms with E-state index in [1.165, 1.54) is 18.4 Å². The van der Waals surface area contributed by atoms with Crippen LogP contribution < -0.4 is 5.32 Å². The summed E-state index contributed by atoms with van der Waals surface area (Å²) < 4.78 is 0. The highest BCUT2D eigenvalue weighted by atomic mass is 14.9. The van der Waals surface area contributed by atoms with Crippen LogP contribution in [0.5, 0.6) is 0 Å². The normalized spacial score (nSPS) is 11.6. The number of unbranched alkanes of at least 4 members (excludes halogenated alkanes) is 1. The van der Waals surface area contributed by atoms with Crippen molar-refractivity contribution in [3.63, 3.8) is 0 Å². The van der Waals surface area contributed by atoms with Crippen LogP contribution in [0.1, 0.15) is 39.2 Å². The van der Waals surface area contributed by atoms with Crippen LogP contribution in [-0.2, 0) is 5.54 Å². The van der Waals surface area contributed by atoms with Crippen molar-refractivity contribution in [2.75, 3.05) is 6.54 Å². The molecule has 14 heavy (non-hydrogen) atoms. The summed E-state index contributed by atoms with van der Waals surface area (Å²) in [5, 5.41) is 3.58. The zero-order valence-electron chi connectivity index (χ0n) is 9.51. The van der Waals surface area contributed by atoms with Gasteiger partial charge in [-0.15, -0.1) is 0 Å². The summed E-state index contributed by atoms with van der Waals surface area (Å²) in [4.78, 5) is 0. The summed E-state index contributed by atoms with van der Waals surface area (Å²) >= 11 is 0. The maximum atomic E-state index is 3.58. The molecule has 1 rings (SSSR count). The van der Waals surface area contributed by atoms with Gasteiger partial charge >= 0.3 is 0 Å². The van der Waals surface area contributed by atoms with Gasteiger partial charge in [-0.25, -0.2) is 0 Å². The monoisotopic (exact) mass is 191 g/mol. The summed E-state index contributed by atoms with van der Waals surface area (Å²) in [5.41, 5.74) is 1.45. The highest BCUT2D eigenvalue weighted by Gasteiger charge is 2.17. The molecular formula is C13H21N. The van der Waals surface area contributed by atoms with Gasteiger partial charge in [-0.3, -0.25) is 0 Å². The maximum absolute atomic E-state index is 3.58. The molecule has 0 spiro atoms. The van der Waals surface area contributed by atoms with Crippen molar-refractivity contribution in [2.24, 2.45) is 0 Å². The largest absolute Gasteiger partial charge is 0.308 e. The second-order valence-electron chi connectivity index (χ2n) is 4.27. The van der Waals surface area contributed by atoms with E-state index in [-0.39, 0.29) is 5.54 Å². The van der Waals surface area contributed by atoms with E-state index in [1.807, 2.05) is 0 Å². The molecular weight excluding hydrogens is 170 g/mol. The third-order valence-electron chi connectivity index (χ3n) is 2.59. The van der Waals surface area contributed by atoms with Gasteiger partial charge in [0.25, 0.3) is 0 Å². The Labute approximate surface area is 87.5 Å². The molecule has 0 saturated carbocycles. The molecule has 1 N–H and O–H groups in total. The molecule has 1 heteroatoms. The van der Waals surface area contributed by atoms with Gasteiger partial charge in [0.1, 0.15) is 0 Å². The van der Waals surface area contributed by atoms with E-state index in [0.717, 1.165) is 6.54 Å². The molecule has 0 amide bonds. The molecule has 0 aliphatic rings. The Balaban J connectivity index is 2.56. The topological polar surface area (TPSA) is 12.0 Å². The van der Waals surface area contributed by atoms with Crippen LogP contribution in [0.15, 0.2) is 30.3 Å². The molecule has 78 valence electrons. The van der Waals surface area contributed by atoms with Gasteiger partial charge in [-0.05, 0) is 32.4 Å². The SMILES string of the molecule is CCCCNC(C)(C)c1ccccc1. The van der Waals surface area contributed by atoms with Gasteiger partial charge in [0.05, 0.1) is 0 Å². The van der Waals surface area contributed by atoms with Crippen LogP contribution >= 0.6 is 0 Å².